The lowest BCUT2D eigenvalue weighted by molar-refractivity contribution is 1.53. The molecule has 0 bridgehead atoms. The van der Waals surface area contributed by atoms with Gasteiger partial charge in [0.2, 0.25) is 0 Å². The molecule has 0 saturated carbocycles. The molecule has 50 valence electrons. The Morgan fingerprint density at radius 1 is 1.70 bits per heavy atom. The molecular weight excluding hydrogens is 120 g/mol. The van der Waals surface area contributed by atoms with Gasteiger partial charge in [0.05, 0.1) is 0 Å². The predicted molar refractivity (Wildman–Crippen MR) is 44.7 cm³/mol. The van der Waals surface area contributed by atoms with E-state index in [2.05, 4.69) is 12.3 Å². The molecule has 0 saturated heterocycles. The average Bonchev–Trinajstić information content (AvgIpc) is 2.43. The Labute approximate surface area is 61.6 Å². The highest BCUT2D eigenvalue weighted by Crippen LogP contribution is 2.13. The van der Waals surface area contributed by atoms with E-state index >= 15 is 0 Å². The Hall–Kier alpha value is -1.26. The Bertz CT molecular complexity index is 256. The van der Waals surface area contributed by atoms with Crippen LogP contribution in [-0.4, -0.2) is 0 Å². The van der Waals surface area contributed by atoms with Crippen molar-refractivity contribution in [2.45, 2.75) is 6.92 Å². The van der Waals surface area contributed by atoms with Gasteiger partial charge in [0.1, 0.15) is 0 Å². The van der Waals surface area contributed by atoms with Gasteiger partial charge in [-0.15, -0.1) is 5.73 Å². The van der Waals surface area contributed by atoms with Crippen molar-refractivity contribution >= 4 is 0 Å². The quantitative estimate of drug-likeness (QED) is 0.398. The van der Waals surface area contributed by atoms with E-state index < -0.39 is 0 Å². The maximum absolute atomic E-state index is 3.70. The molecule has 0 aromatic carbocycles. The molecule has 0 N–H and O–H groups in total. The first-order valence-corrected chi connectivity index (χ1v) is 3.31. The van der Waals surface area contributed by atoms with E-state index in [9.17, 15) is 0 Å². The zero-order valence-electron chi connectivity index (χ0n) is 6.09. The number of hydrogen-bond donors (Lipinski definition) is 0. The molecule has 0 radical (unpaired) electrons. The summed E-state index contributed by atoms with van der Waals surface area (Å²) < 4.78 is 0. The molecule has 0 atom stereocenters. The van der Waals surface area contributed by atoms with Crippen LogP contribution in [0.4, 0.5) is 0 Å². The van der Waals surface area contributed by atoms with Crippen molar-refractivity contribution in [3.63, 3.8) is 0 Å². The van der Waals surface area contributed by atoms with Gasteiger partial charge in [0, 0.05) is 5.57 Å². The van der Waals surface area contributed by atoms with Crippen LogP contribution in [-0.2, 0) is 0 Å². The van der Waals surface area contributed by atoms with Crippen molar-refractivity contribution in [3.8, 4) is 0 Å². The number of allylic oxidation sites excluding steroid dienone is 6. The summed E-state index contributed by atoms with van der Waals surface area (Å²) in [6.07, 6.45) is 9.77. The van der Waals surface area contributed by atoms with Crippen LogP contribution in [0, 0.1) is 0 Å². The Morgan fingerprint density at radius 2 is 2.50 bits per heavy atom. The highest BCUT2D eigenvalue weighted by molar-refractivity contribution is 5.48. The summed E-state index contributed by atoms with van der Waals surface area (Å²) in [5, 5.41) is 0. The van der Waals surface area contributed by atoms with E-state index in [-0.39, 0.29) is 0 Å². The maximum Gasteiger partial charge on any atom is 0.0233 e. The molecule has 0 aliphatic heterocycles. The molecule has 0 spiro atoms. The molecule has 0 fully saturated rings. The summed E-state index contributed by atoms with van der Waals surface area (Å²) in [7, 11) is 0. The molecule has 0 aromatic rings. The van der Waals surface area contributed by atoms with E-state index in [1.807, 2.05) is 37.3 Å². The monoisotopic (exact) mass is 130 g/mol. The molecule has 10 heavy (non-hydrogen) atoms. The topological polar surface area (TPSA) is 0 Å². The Morgan fingerprint density at radius 3 is 2.90 bits per heavy atom. The first kappa shape index (κ1) is 6.85. The third-order valence-electron chi connectivity index (χ3n) is 1.44. The van der Waals surface area contributed by atoms with Gasteiger partial charge in [-0.3, -0.25) is 0 Å². The first-order chi connectivity index (χ1) is 4.88. The standard InChI is InChI=1S/C10H10/c1-3-9(4-2)10-7-5-6-8-10/h3-7H,1H2,2H3/b9-4+. The van der Waals surface area contributed by atoms with Crippen molar-refractivity contribution in [1.29, 1.82) is 0 Å². The zero-order valence-corrected chi connectivity index (χ0v) is 6.09. The normalized spacial score (nSPS) is 15.7. The average molecular weight is 130 g/mol. The SMILES string of the molecule is C=C/C(=C\C)C1=C=CC=C1. The maximum atomic E-state index is 3.70. The minimum atomic E-state index is 1.12. The third kappa shape index (κ3) is 1.18. The fraction of sp³-hybridized carbons (Fsp3) is 0.100. The third-order valence-corrected chi connectivity index (χ3v) is 1.44. The second-order valence-corrected chi connectivity index (χ2v) is 2.03. The zero-order chi connectivity index (χ0) is 7.40. The van der Waals surface area contributed by atoms with Gasteiger partial charge < -0.3 is 0 Å². The lowest BCUT2D eigenvalue weighted by atomic mass is 10.1. The summed E-state index contributed by atoms with van der Waals surface area (Å²) in [4.78, 5) is 0. The molecular formula is C10H10. The molecule has 0 unspecified atom stereocenters. The fourth-order valence-electron chi connectivity index (χ4n) is 0.893. The molecule has 1 aliphatic carbocycles. The van der Waals surface area contributed by atoms with Crippen molar-refractivity contribution < 1.29 is 0 Å². The highest BCUT2D eigenvalue weighted by Gasteiger charge is 1.95. The van der Waals surface area contributed by atoms with Crippen LogP contribution in [0.25, 0.3) is 0 Å². The van der Waals surface area contributed by atoms with Gasteiger partial charge in [-0.2, -0.15) is 0 Å². The summed E-state index contributed by atoms with van der Waals surface area (Å²) in [6, 6.07) is 0. The van der Waals surface area contributed by atoms with Crippen LogP contribution < -0.4 is 0 Å². The Balaban J connectivity index is 2.94. The highest BCUT2D eigenvalue weighted by atomic mass is 14.0. The van der Waals surface area contributed by atoms with Crippen molar-refractivity contribution in [3.05, 3.63) is 53.8 Å². The van der Waals surface area contributed by atoms with E-state index in [4.69, 9.17) is 0 Å². The fourth-order valence-corrected chi connectivity index (χ4v) is 0.893. The van der Waals surface area contributed by atoms with Crippen LogP contribution >= 0.6 is 0 Å². The summed E-state index contributed by atoms with van der Waals surface area (Å²) in [5.74, 6) is 0. The lowest BCUT2D eigenvalue weighted by Gasteiger charge is -1.94. The summed E-state index contributed by atoms with van der Waals surface area (Å²) in [6.45, 7) is 5.70. The number of hydrogen-bond acceptors (Lipinski definition) is 0. The second kappa shape index (κ2) is 3.05. The van der Waals surface area contributed by atoms with Crippen LogP contribution in [0.5, 0.6) is 0 Å². The van der Waals surface area contributed by atoms with Crippen molar-refractivity contribution in [2.24, 2.45) is 0 Å². The first-order valence-electron chi connectivity index (χ1n) is 3.31. The Kier molecular flexibility index (Phi) is 2.09. The van der Waals surface area contributed by atoms with E-state index in [1.54, 1.807) is 0 Å². The number of rotatable bonds is 2. The molecule has 0 nitrogen and oxygen atoms in total. The van der Waals surface area contributed by atoms with Gasteiger partial charge in [0.15, 0.2) is 0 Å². The predicted octanol–water partition coefficient (Wildman–Crippen LogP) is 2.77. The molecule has 0 heterocycles. The minimum absolute atomic E-state index is 1.12. The van der Waals surface area contributed by atoms with Crippen LogP contribution in [0.3, 0.4) is 0 Å². The molecule has 0 amide bonds. The summed E-state index contributed by atoms with van der Waals surface area (Å²) >= 11 is 0. The van der Waals surface area contributed by atoms with Crippen LogP contribution in [0.2, 0.25) is 0 Å². The molecule has 1 aliphatic rings. The minimum Gasteiger partial charge on any atom is -0.112 e. The van der Waals surface area contributed by atoms with Gasteiger partial charge >= 0.3 is 0 Å². The van der Waals surface area contributed by atoms with Gasteiger partial charge in [-0.1, -0.05) is 24.8 Å². The van der Waals surface area contributed by atoms with Crippen LogP contribution in [0.1, 0.15) is 6.92 Å². The van der Waals surface area contributed by atoms with Crippen molar-refractivity contribution in [2.75, 3.05) is 0 Å². The molecule has 0 aromatic heterocycles. The van der Waals surface area contributed by atoms with E-state index in [0.717, 1.165) is 11.1 Å². The van der Waals surface area contributed by atoms with E-state index in [0.29, 0.717) is 0 Å². The summed E-state index contributed by atoms with van der Waals surface area (Å²) in [5.41, 5.74) is 5.37. The van der Waals surface area contributed by atoms with Gasteiger partial charge in [0.25, 0.3) is 0 Å². The van der Waals surface area contributed by atoms with E-state index in [1.165, 1.54) is 0 Å². The lowest BCUT2D eigenvalue weighted by Crippen LogP contribution is -1.76. The van der Waals surface area contributed by atoms with Crippen LogP contribution in [0.15, 0.2) is 53.8 Å². The molecule has 0 heteroatoms. The van der Waals surface area contributed by atoms with Crippen molar-refractivity contribution in [1.82, 2.24) is 0 Å². The largest absolute Gasteiger partial charge is 0.112 e. The smallest absolute Gasteiger partial charge is 0.0233 e. The van der Waals surface area contributed by atoms with Gasteiger partial charge in [-0.05, 0) is 24.6 Å². The second-order valence-electron chi connectivity index (χ2n) is 2.03. The molecule has 1 rings (SSSR count). The van der Waals surface area contributed by atoms with Gasteiger partial charge in [-0.25, -0.2) is 0 Å².